The second-order valence-corrected chi connectivity index (χ2v) is 6.21. The van der Waals surface area contributed by atoms with Gasteiger partial charge in [0.1, 0.15) is 0 Å². The Morgan fingerprint density at radius 3 is 2.14 bits per heavy atom. The van der Waals surface area contributed by atoms with Crippen LogP contribution in [0, 0.1) is 5.41 Å². The molecule has 0 bridgehead atoms. The molecule has 0 fully saturated rings. The summed E-state index contributed by atoms with van der Waals surface area (Å²) in [6.07, 6.45) is 1.04. The molecule has 0 aliphatic heterocycles. The van der Waals surface area contributed by atoms with Gasteiger partial charge in [0.05, 0.1) is 0 Å². The SMILES string of the molecule is CC(C)(C)C(Br)Cc1ccc(Cl)cc1. The van der Waals surface area contributed by atoms with Gasteiger partial charge in [-0.05, 0) is 29.5 Å². The van der Waals surface area contributed by atoms with Crippen LogP contribution in [0.15, 0.2) is 24.3 Å². The first-order valence-corrected chi connectivity index (χ1v) is 6.07. The van der Waals surface area contributed by atoms with Gasteiger partial charge in [-0.3, -0.25) is 0 Å². The van der Waals surface area contributed by atoms with Gasteiger partial charge in [-0.25, -0.2) is 0 Å². The summed E-state index contributed by atoms with van der Waals surface area (Å²) in [5, 5.41) is 0.802. The molecule has 1 aromatic carbocycles. The predicted octanol–water partition coefficient (Wildman–Crippen LogP) is 4.69. The second-order valence-electron chi connectivity index (χ2n) is 4.66. The molecule has 1 unspecified atom stereocenters. The van der Waals surface area contributed by atoms with Crippen LogP contribution in [-0.4, -0.2) is 4.83 Å². The maximum atomic E-state index is 5.83. The van der Waals surface area contributed by atoms with E-state index in [1.54, 1.807) is 0 Å². The van der Waals surface area contributed by atoms with Crippen LogP contribution < -0.4 is 0 Å². The first kappa shape index (κ1) is 12.1. The van der Waals surface area contributed by atoms with Crippen molar-refractivity contribution < 1.29 is 0 Å². The zero-order chi connectivity index (χ0) is 10.8. The molecule has 0 aromatic heterocycles. The number of benzene rings is 1. The van der Waals surface area contributed by atoms with Gasteiger partial charge in [-0.1, -0.05) is 60.4 Å². The predicted molar refractivity (Wildman–Crippen MR) is 67.3 cm³/mol. The minimum Gasteiger partial charge on any atom is -0.0881 e. The fourth-order valence-corrected chi connectivity index (χ4v) is 1.63. The van der Waals surface area contributed by atoms with E-state index >= 15 is 0 Å². The van der Waals surface area contributed by atoms with E-state index in [1.807, 2.05) is 12.1 Å². The van der Waals surface area contributed by atoms with Crippen LogP contribution in [0.3, 0.4) is 0 Å². The van der Waals surface area contributed by atoms with E-state index in [0.717, 1.165) is 11.4 Å². The highest BCUT2D eigenvalue weighted by molar-refractivity contribution is 9.09. The quantitative estimate of drug-likeness (QED) is 0.687. The largest absolute Gasteiger partial charge is 0.0881 e. The summed E-state index contributed by atoms with van der Waals surface area (Å²) in [7, 11) is 0. The maximum Gasteiger partial charge on any atom is 0.0406 e. The van der Waals surface area contributed by atoms with E-state index in [0.29, 0.717) is 10.2 Å². The Bertz CT molecular complexity index is 284. The summed E-state index contributed by atoms with van der Waals surface area (Å²) in [6.45, 7) is 6.72. The van der Waals surface area contributed by atoms with Gasteiger partial charge in [-0.15, -0.1) is 0 Å². The lowest BCUT2D eigenvalue weighted by Crippen LogP contribution is -2.22. The van der Waals surface area contributed by atoms with Crippen molar-refractivity contribution in [3.63, 3.8) is 0 Å². The molecule has 1 aromatic rings. The van der Waals surface area contributed by atoms with Crippen LogP contribution in [0.2, 0.25) is 5.02 Å². The third-order valence-electron chi connectivity index (χ3n) is 2.27. The van der Waals surface area contributed by atoms with Gasteiger partial charge >= 0.3 is 0 Å². The summed E-state index contributed by atoms with van der Waals surface area (Å²) in [5.74, 6) is 0. The average Bonchev–Trinajstić information content (AvgIpc) is 2.07. The minimum atomic E-state index is 0.291. The second kappa shape index (κ2) is 4.67. The van der Waals surface area contributed by atoms with E-state index in [2.05, 4.69) is 48.8 Å². The van der Waals surface area contributed by atoms with Crippen molar-refractivity contribution in [1.82, 2.24) is 0 Å². The third kappa shape index (κ3) is 3.62. The van der Waals surface area contributed by atoms with E-state index in [-0.39, 0.29) is 0 Å². The lowest BCUT2D eigenvalue weighted by molar-refractivity contribution is 0.398. The highest BCUT2D eigenvalue weighted by Crippen LogP contribution is 2.29. The number of rotatable bonds is 2. The molecule has 0 nitrogen and oxygen atoms in total. The Labute approximate surface area is 99.8 Å². The van der Waals surface area contributed by atoms with Crippen LogP contribution in [0.5, 0.6) is 0 Å². The van der Waals surface area contributed by atoms with Crippen molar-refractivity contribution in [3.05, 3.63) is 34.9 Å². The van der Waals surface area contributed by atoms with Crippen LogP contribution in [0.4, 0.5) is 0 Å². The van der Waals surface area contributed by atoms with Gasteiger partial charge in [-0.2, -0.15) is 0 Å². The molecule has 14 heavy (non-hydrogen) atoms. The highest BCUT2D eigenvalue weighted by Gasteiger charge is 2.21. The number of alkyl halides is 1. The molecule has 0 amide bonds. The fourth-order valence-electron chi connectivity index (χ4n) is 1.13. The molecule has 0 heterocycles. The lowest BCUT2D eigenvalue weighted by atomic mass is 9.88. The van der Waals surface area contributed by atoms with Crippen molar-refractivity contribution >= 4 is 27.5 Å². The topological polar surface area (TPSA) is 0 Å². The summed E-state index contributed by atoms with van der Waals surface area (Å²) >= 11 is 9.55. The number of hydrogen-bond acceptors (Lipinski definition) is 0. The average molecular weight is 276 g/mol. The smallest absolute Gasteiger partial charge is 0.0406 e. The van der Waals surface area contributed by atoms with Crippen molar-refractivity contribution in [1.29, 1.82) is 0 Å². The van der Waals surface area contributed by atoms with Crippen LogP contribution >= 0.6 is 27.5 Å². The van der Waals surface area contributed by atoms with Crippen LogP contribution in [0.1, 0.15) is 26.3 Å². The molecule has 0 radical (unpaired) electrons. The Balaban J connectivity index is 2.65. The van der Waals surface area contributed by atoms with Crippen LogP contribution in [-0.2, 0) is 6.42 Å². The van der Waals surface area contributed by atoms with Gasteiger partial charge in [0.15, 0.2) is 0 Å². The van der Waals surface area contributed by atoms with E-state index in [4.69, 9.17) is 11.6 Å². The number of hydrogen-bond donors (Lipinski definition) is 0. The lowest BCUT2D eigenvalue weighted by Gasteiger charge is -2.25. The molecule has 0 N–H and O–H groups in total. The summed E-state index contributed by atoms with van der Waals surface area (Å²) in [5.41, 5.74) is 1.62. The molecular formula is C12H16BrCl. The third-order valence-corrected chi connectivity index (χ3v) is 4.22. The van der Waals surface area contributed by atoms with Crippen molar-refractivity contribution in [2.75, 3.05) is 0 Å². The summed E-state index contributed by atoms with van der Waals surface area (Å²) in [4.78, 5) is 0.496. The molecule has 78 valence electrons. The van der Waals surface area contributed by atoms with Crippen molar-refractivity contribution in [2.24, 2.45) is 5.41 Å². The van der Waals surface area contributed by atoms with Crippen molar-refractivity contribution in [2.45, 2.75) is 32.0 Å². The van der Waals surface area contributed by atoms with E-state index < -0.39 is 0 Å². The normalized spacial score (nSPS) is 14.1. The molecule has 2 heteroatoms. The van der Waals surface area contributed by atoms with Gasteiger partial charge in [0.2, 0.25) is 0 Å². The van der Waals surface area contributed by atoms with Crippen molar-refractivity contribution in [3.8, 4) is 0 Å². The maximum absolute atomic E-state index is 5.83. The fraction of sp³-hybridized carbons (Fsp3) is 0.500. The van der Waals surface area contributed by atoms with E-state index in [1.165, 1.54) is 5.56 Å². The molecule has 1 rings (SSSR count). The molecule has 0 aliphatic carbocycles. The molecule has 1 atom stereocenters. The zero-order valence-electron chi connectivity index (χ0n) is 8.85. The first-order chi connectivity index (χ1) is 6.39. The standard InChI is InChI=1S/C12H16BrCl/c1-12(2,3)11(13)8-9-4-6-10(14)7-5-9/h4-7,11H,8H2,1-3H3. The number of halogens is 2. The molecule has 0 spiro atoms. The monoisotopic (exact) mass is 274 g/mol. The molecule has 0 aliphatic rings. The molecule has 0 saturated carbocycles. The first-order valence-electron chi connectivity index (χ1n) is 4.78. The summed E-state index contributed by atoms with van der Waals surface area (Å²) < 4.78 is 0. The van der Waals surface area contributed by atoms with Gasteiger partial charge < -0.3 is 0 Å². The van der Waals surface area contributed by atoms with E-state index in [9.17, 15) is 0 Å². The van der Waals surface area contributed by atoms with Crippen LogP contribution in [0.25, 0.3) is 0 Å². The molecule has 0 saturated heterocycles. The Hall–Kier alpha value is -0.0100. The zero-order valence-corrected chi connectivity index (χ0v) is 11.2. The van der Waals surface area contributed by atoms with Gasteiger partial charge in [0.25, 0.3) is 0 Å². The molecular weight excluding hydrogens is 259 g/mol. The van der Waals surface area contributed by atoms with Gasteiger partial charge in [0, 0.05) is 9.85 Å². The Morgan fingerprint density at radius 2 is 1.71 bits per heavy atom. The highest BCUT2D eigenvalue weighted by atomic mass is 79.9. The Kier molecular flexibility index (Phi) is 4.03. The Morgan fingerprint density at radius 1 is 1.21 bits per heavy atom. The minimum absolute atomic E-state index is 0.291. The summed E-state index contributed by atoms with van der Waals surface area (Å²) in [6, 6.07) is 8.06.